The second-order valence-electron chi connectivity index (χ2n) is 8.21. The number of aliphatic hydroxyl groups is 3. The molecular formula is C23H45O9P. The van der Waals surface area contributed by atoms with Gasteiger partial charge in [-0.25, -0.2) is 4.57 Å². The molecule has 0 amide bonds. The summed E-state index contributed by atoms with van der Waals surface area (Å²) in [5, 5.41) is 27.4. The standard InChI is InChI=1S/C23H45O9P/c1-2-3-4-5-6-7-8-9-10-11-12-13-14-15-16-23(27)30-18-22(26)20-32-33(28,29)31-19-21(25)17-24/h8-9,21-22,24-26H,2-7,10-20H2,1H3,(H,28,29)/b9-8-/t21-,22+/m0/s1. The van der Waals surface area contributed by atoms with Crippen molar-refractivity contribution in [1.82, 2.24) is 0 Å². The van der Waals surface area contributed by atoms with Crippen molar-refractivity contribution in [3.8, 4) is 0 Å². The SMILES string of the molecule is CCCCCCC/C=C\CCCCCCCC(=O)OC[C@@H](O)COP(=O)(O)OC[C@@H](O)CO. The van der Waals surface area contributed by atoms with Crippen molar-refractivity contribution in [1.29, 1.82) is 0 Å². The van der Waals surface area contributed by atoms with Crippen LogP contribution in [0.3, 0.4) is 0 Å². The van der Waals surface area contributed by atoms with E-state index in [1.807, 2.05) is 0 Å². The molecule has 0 saturated carbocycles. The Kier molecular flexibility index (Phi) is 21.2. The van der Waals surface area contributed by atoms with Crippen LogP contribution in [0.4, 0.5) is 0 Å². The number of esters is 1. The number of hydrogen-bond donors (Lipinski definition) is 4. The quantitative estimate of drug-likeness (QED) is 0.0713. The number of carbonyl (C=O) groups excluding carboxylic acids is 1. The third-order valence-corrected chi connectivity index (χ3v) is 5.85. The first-order valence-electron chi connectivity index (χ1n) is 12.2. The van der Waals surface area contributed by atoms with E-state index in [1.165, 1.54) is 38.5 Å². The van der Waals surface area contributed by atoms with Gasteiger partial charge in [0.1, 0.15) is 18.8 Å². The fraction of sp³-hybridized carbons (Fsp3) is 0.870. The average Bonchev–Trinajstić information content (AvgIpc) is 2.80. The van der Waals surface area contributed by atoms with E-state index in [2.05, 4.69) is 28.1 Å². The summed E-state index contributed by atoms with van der Waals surface area (Å²) >= 11 is 0. The second kappa shape index (κ2) is 21.7. The van der Waals surface area contributed by atoms with Crippen LogP contribution < -0.4 is 0 Å². The Morgan fingerprint density at radius 1 is 0.818 bits per heavy atom. The smallest absolute Gasteiger partial charge is 0.463 e. The number of phosphoric ester groups is 1. The molecule has 0 spiro atoms. The molecule has 0 aromatic carbocycles. The van der Waals surface area contributed by atoms with Crippen LogP contribution in [0.5, 0.6) is 0 Å². The lowest BCUT2D eigenvalue weighted by molar-refractivity contribution is -0.147. The van der Waals surface area contributed by atoms with E-state index >= 15 is 0 Å². The van der Waals surface area contributed by atoms with Crippen molar-refractivity contribution in [2.75, 3.05) is 26.4 Å². The van der Waals surface area contributed by atoms with Crippen molar-refractivity contribution < 1.29 is 43.4 Å². The molecule has 0 aromatic heterocycles. The Labute approximate surface area is 198 Å². The van der Waals surface area contributed by atoms with E-state index in [-0.39, 0.29) is 13.0 Å². The number of aliphatic hydroxyl groups excluding tert-OH is 3. The minimum absolute atomic E-state index is 0.256. The van der Waals surface area contributed by atoms with Gasteiger partial charge in [0.2, 0.25) is 0 Å². The highest BCUT2D eigenvalue weighted by Crippen LogP contribution is 2.43. The first-order valence-corrected chi connectivity index (χ1v) is 13.7. The summed E-state index contributed by atoms with van der Waals surface area (Å²) in [7, 11) is -4.48. The van der Waals surface area contributed by atoms with Crippen LogP contribution >= 0.6 is 7.82 Å². The van der Waals surface area contributed by atoms with Gasteiger partial charge in [-0.1, -0.05) is 64.0 Å². The Morgan fingerprint density at radius 3 is 1.91 bits per heavy atom. The Morgan fingerprint density at radius 2 is 1.33 bits per heavy atom. The van der Waals surface area contributed by atoms with Crippen molar-refractivity contribution in [2.45, 2.75) is 103 Å². The van der Waals surface area contributed by atoms with Crippen LogP contribution in [0.25, 0.3) is 0 Å². The van der Waals surface area contributed by atoms with Gasteiger partial charge in [-0.15, -0.1) is 0 Å². The van der Waals surface area contributed by atoms with E-state index in [4.69, 9.17) is 14.9 Å². The van der Waals surface area contributed by atoms with Crippen LogP contribution in [0.1, 0.15) is 90.4 Å². The van der Waals surface area contributed by atoms with E-state index in [9.17, 15) is 19.4 Å². The fourth-order valence-electron chi connectivity index (χ4n) is 2.92. The highest BCUT2D eigenvalue weighted by atomic mass is 31.2. The van der Waals surface area contributed by atoms with Gasteiger partial charge in [0.05, 0.1) is 19.8 Å². The molecule has 33 heavy (non-hydrogen) atoms. The molecule has 0 aromatic rings. The first-order chi connectivity index (χ1) is 15.8. The topological polar surface area (TPSA) is 143 Å². The van der Waals surface area contributed by atoms with E-state index in [1.54, 1.807) is 0 Å². The summed E-state index contributed by atoms with van der Waals surface area (Å²) in [6, 6.07) is 0. The Balaban J connectivity index is 3.58. The zero-order valence-corrected chi connectivity index (χ0v) is 21.0. The van der Waals surface area contributed by atoms with Gasteiger partial charge in [-0.3, -0.25) is 13.8 Å². The van der Waals surface area contributed by atoms with Gasteiger partial charge in [0.15, 0.2) is 0 Å². The largest absolute Gasteiger partial charge is 0.472 e. The zero-order chi connectivity index (χ0) is 24.8. The van der Waals surface area contributed by atoms with E-state index in [0.29, 0.717) is 6.42 Å². The van der Waals surface area contributed by atoms with Crippen LogP contribution in [0, 0.1) is 0 Å². The molecule has 196 valence electrons. The lowest BCUT2D eigenvalue weighted by Crippen LogP contribution is -2.24. The maximum Gasteiger partial charge on any atom is 0.472 e. The molecule has 1 unspecified atom stereocenters. The molecule has 0 aliphatic rings. The molecule has 4 N–H and O–H groups in total. The normalized spacial score (nSPS) is 15.4. The van der Waals surface area contributed by atoms with Crippen LogP contribution in [-0.4, -0.2) is 64.8 Å². The van der Waals surface area contributed by atoms with Gasteiger partial charge >= 0.3 is 13.8 Å². The molecule has 0 bridgehead atoms. The van der Waals surface area contributed by atoms with E-state index in [0.717, 1.165) is 32.1 Å². The number of phosphoric acid groups is 1. The minimum Gasteiger partial charge on any atom is -0.463 e. The number of allylic oxidation sites excluding steroid dienone is 2. The molecule has 0 radical (unpaired) electrons. The Bertz CT molecular complexity index is 542. The lowest BCUT2D eigenvalue weighted by atomic mass is 10.1. The van der Waals surface area contributed by atoms with Crippen LogP contribution in [-0.2, 0) is 23.1 Å². The molecule has 0 saturated heterocycles. The van der Waals surface area contributed by atoms with Gasteiger partial charge in [-0.2, -0.15) is 0 Å². The molecule has 0 aliphatic carbocycles. The van der Waals surface area contributed by atoms with E-state index < -0.39 is 45.8 Å². The predicted molar refractivity (Wildman–Crippen MR) is 127 cm³/mol. The highest BCUT2D eigenvalue weighted by Gasteiger charge is 2.24. The van der Waals surface area contributed by atoms with Gasteiger partial charge in [0, 0.05) is 6.42 Å². The Hall–Kier alpha value is -0.800. The maximum absolute atomic E-state index is 11.7. The van der Waals surface area contributed by atoms with Gasteiger partial charge < -0.3 is 24.9 Å². The number of unbranched alkanes of at least 4 members (excludes halogenated alkanes) is 10. The van der Waals surface area contributed by atoms with Gasteiger partial charge in [-0.05, 0) is 32.1 Å². The van der Waals surface area contributed by atoms with Crippen molar-refractivity contribution in [2.24, 2.45) is 0 Å². The lowest BCUT2D eigenvalue weighted by Gasteiger charge is -2.16. The molecule has 0 aliphatic heterocycles. The number of hydrogen-bond acceptors (Lipinski definition) is 8. The van der Waals surface area contributed by atoms with Crippen LogP contribution in [0.15, 0.2) is 12.2 Å². The summed E-state index contributed by atoms with van der Waals surface area (Å²) in [6.45, 7) is 0.0676. The monoisotopic (exact) mass is 496 g/mol. The van der Waals surface area contributed by atoms with Crippen molar-refractivity contribution in [3.05, 3.63) is 12.2 Å². The maximum atomic E-state index is 11.7. The minimum atomic E-state index is -4.48. The molecule has 0 rings (SSSR count). The highest BCUT2D eigenvalue weighted by molar-refractivity contribution is 7.47. The summed E-state index contributed by atoms with van der Waals surface area (Å²) in [6.07, 6.45) is 16.1. The number of rotatable bonds is 23. The molecule has 10 heteroatoms. The molecule has 0 heterocycles. The first kappa shape index (κ1) is 32.2. The van der Waals surface area contributed by atoms with Gasteiger partial charge in [0.25, 0.3) is 0 Å². The molecule has 3 atom stereocenters. The number of ether oxygens (including phenoxy) is 1. The molecule has 9 nitrogen and oxygen atoms in total. The molecule has 0 fully saturated rings. The summed E-state index contributed by atoms with van der Waals surface area (Å²) in [5.41, 5.74) is 0. The third kappa shape index (κ3) is 22.7. The number of carbonyl (C=O) groups is 1. The van der Waals surface area contributed by atoms with Crippen LogP contribution in [0.2, 0.25) is 0 Å². The summed E-state index contributed by atoms with van der Waals surface area (Å²) < 4.78 is 25.5. The zero-order valence-electron chi connectivity index (χ0n) is 20.1. The summed E-state index contributed by atoms with van der Waals surface area (Å²) in [5.74, 6) is -0.439. The summed E-state index contributed by atoms with van der Waals surface area (Å²) in [4.78, 5) is 21.1. The van der Waals surface area contributed by atoms with Crippen molar-refractivity contribution in [3.63, 3.8) is 0 Å². The third-order valence-electron chi connectivity index (χ3n) is 4.90. The average molecular weight is 497 g/mol. The van der Waals surface area contributed by atoms with Crippen molar-refractivity contribution >= 4 is 13.8 Å². The molecular weight excluding hydrogens is 451 g/mol. The second-order valence-corrected chi connectivity index (χ2v) is 9.67. The predicted octanol–water partition coefficient (Wildman–Crippen LogP) is 4.02. The fourth-order valence-corrected chi connectivity index (χ4v) is 3.72.